The van der Waals surface area contributed by atoms with Gasteiger partial charge in [-0.15, -0.1) is 6.58 Å². The molecule has 0 fully saturated rings. The monoisotopic (exact) mass is 232 g/mol. The highest BCUT2D eigenvalue weighted by atomic mass is 16.2. The SMILES string of the molecule is C=CCNC(=O)C(=O)Nc1ccc(CC)cc1. The second kappa shape index (κ2) is 6.48. The number of benzene rings is 1. The van der Waals surface area contributed by atoms with E-state index in [2.05, 4.69) is 24.1 Å². The summed E-state index contributed by atoms with van der Waals surface area (Å²) in [7, 11) is 0. The molecule has 90 valence electrons. The van der Waals surface area contributed by atoms with Crippen LogP contribution >= 0.6 is 0 Å². The van der Waals surface area contributed by atoms with Gasteiger partial charge in [0.2, 0.25) is 0 Å². The Labute approximate surface area is 101 Å². The Morgan fingerprint density at radius 2 is 1.88 bits per heavy atom. The summed E-state index contributed by atoms with van der Waals surface area (Å²) in [6.45, 7) is 5.78. The molecule has 0 aliphatic carbocycles. The zero-order chi connectivity index (χ0) is 12.7. The van der Waals surface area contributed by atoms with E-state index >= 15 is 0 Å². The van der Waals surface area contributed by atoms with Gasteiger partial charge in [0.1, 0.15) is 0 Å². The molecule has 0 aliphatic rings. The number of rotatable bonds is 4. The average molecular weight is 232 g/mol. The minimum atomic E-state index is -0.670. The molecule has 4 nitrogen and oxygen atoms in total. The molecule has 2 N–H and O–H groups in total. The quantitative estimate of drug-likeness (QED) is 0.610. The van der Waals surface area contributed by atoms with Gasteiger partial charge in [0.15, 0.2) is 0 Å². The molecule has 1 aromatic rings. The fraction of sp³-hybridized carbons (Fsp3) is 0.231. The number of nitrogens with one attached hydrogen (secondary N) is 2. The van der Waals surface area contributed by atoms with E-state index in [-0.39, 0.29) is 6.54 Å². The molecule has 4 heteroatoms. The summed E-state index contributed by atoms with van der Waals surface area (Å²) in [6, 6.07) is 7.38. The summed E-state index contributed by atoms with van der Waals surface area (Å²) in [4.78, 5) is 22.7. The van der Waals surface area contributed by atoms with Gasteiger partial charge >= 0.3 is 11.8 Å². The number of hydrogen-bond donors (Lipinski definition) is 2. The van der Waals surface area contributed by atoms with Gasteiger partial charge < -0.3 is 10.6 Å². The summed E-state index contributed by atoms with van der Waals surface area (Å²) < 4.78 is 0. The highest BCUT2D eigenvalue weighted by Gasteiger charge is 2.11. The van der Waals surface area contributed by atoms with E-state index in [1.807, 2.05) is 12.1 Å². The lowest BCUT2D eigenvalue weighted by Crippen LogP contribution is -2.35. The Kier molecular flexibility index (Phi) is 4.94. The normalized spacial score (nSPS) is 9.47. The van der Waals surface area contributed by atoms with E-state index in [1.165, 1.54) is 11.6 Å². The van der Waals surface area contributed by atoms with Gasteiger partial charge in [-0.2, -0.15) is 0 Å². The second-order valence-corrected chi connectivity index (χ2v) is 3.50. The minimum absolute atomic E-state index is 0.279. The van der Waals surface area contributed by atoms with Crippen LogP contribution in [0.1, 0.15) is 12.5 Å². The predicted molar refractivity (Wildman–Crippen MR) is 67.7 cm³/mol. The third-order valence-corrected chi connectivity index (χ3v) is 2.23. The van der Waals surface area contributed by atoms with Crippen LogP contribution < -0.4 is 10.6 Å². The van der Waals surface area contributed by atoms with E-state index in [0.717, 1.165) is 6.42 Å². The largest absolute Gasteiger partial charge is 0.344 e. The van der Waals surface area contributed by atoms with Crippen molar-refractivity contribution in [1.29, 1.82) is 0 Å². The molecule has 0 aliphatic heterocycles. The van der Waals surface area contributed by atoms with Crippen molar-refractivity contribution in [2.24, 2.45) is 0 Å². The van der Waals surface area contributed by atoms with Gasteiger partial charge in [-0.25, -0.2) is 0 Å². The molecule has 0 spiro atoms. The molecule has 1 aromatic carbocycles. The second-order valence-electron chi connectivity index (χ2n) is 3.50. The molecule has 0 bridgehead atoms. The summed E-state index contributed by atoms with van der Waals surface area (Å²) in [5, 5.41) is 4.92. The van der Waals surface area contributed by atoms with Crippen LogP contribution in [0.2, 0.25) is 0 Å². The van der Waals surface area contributed by atoms with Gasteiger partial charge in [0.05, 0.1) is 0 Å². The van der Waals surface area contributed by atoms with Crippen LogP contribution in [0.3, 0.4) is 0 Å². The van der Waals surface area contributed by atoms with Crippen molar-refractivity contribution in [3.8, 4) is 0 Å². The third kappa shape index (κ3) is 4.10. The number of anilines is 1. The van der Waals surface area contributed by atoms with Crippen LogP contribution in [-0.2, 0) is 16.0 Å². The van der Waals surface area contributed by atoms with E-state index in [1.54, 1.807) is 12.1 Å². The molecule has 0 radical (unpaired) electrons. The number of hydrogen-bond acceptors (Lipinski definition) is 2. The van der Waals surface area contributed by atoms with Crippen LogP contribution in [0.5, 0.6) is 0 Å². The van der Waals surface area contributed by atoms with Crippen molar-refractivity contribution >= 4 is 17.5 Å². The first kappa shape index (κ1) is 13.0. The lowest BCUT2D eigenvalue weighted by atomic mass is 10.1. The van der Waals surface area contributed by atoms with Gasteiger partial charge in [-0.1, -0.05) is 25.1 Å². The fourth-order valence-electron chi connectivity index (χ4n) is 1.26. The van der Waals surface area contributed by atoms with Crippen molar-refractivity contribution in [2.45, 2.75) is 13.3 Å². The standard InChI is InChI=1S/C13H16N2O2/c1-3-9-14-12(16)13(17)15-11-7-5-10(4-2)6-8-11/h3,5-8H,1,4,9H2,2H3,(H,14,16)(H,15,17). The summed E-state index contributed by atoms with van der Waals surface area (Å²) >= 11 is 0. The maximum Gasteiger partial charge on any atom is 0.313 e. The molecule has 0 atom stereocenters. The van der Waals surface area contributed by atoms with Gasteiger partial charge in [-0.05, 0) is 24.1 Å². The third-order valence-electron chi connectivity index (χ3n) is 2.23. The minimum Gasteiger partial charge on any atom is -0.344 e. The Morgan fingerprint density at radius 1 is 1.24 bits per heavy atom. The first-order valence-electron chi connectivity index (χ1n) is 5.46. The van der Waals surface area contributed by atoms with Crippen LogP contribution in [0.15, 0.2) is 36.9 Å². The Balaban J connectivity index is 2.55. The summed E-state index contributed by atoms with van der Waals surface area (Å²) in [5.41, 5.74) is 1.79. The molecule has 0 saturated heterocycles. The Bertz CT molecular complexity index is 410. The van der Waals surface area contributed by atoms with Crippen LogP contribution in [-0.4, -0.2) is 18.4 Å². The van der Waals surface area contributed by atoms with Crippen LogP contribution in [0, 0.1) is 0 Å². The lowest BCUT2D eigenvalue weighted by molar-refractivity contribution is -0.136. The molecule has 1 rings (SSSR count). The molecular weight excluding hydrogens is 216 g/mol. The highest BCUT2D eigenvalue weighted by Crippen LogP contribution is 2.09. The predicted octanol–water partition coefficient (Wildman–Crippen LogP) is 1.49. The topological polar surface area (TPSA) is 58.2 Å². The fourth-order valence-corrected chi connectivity index (χ4v) is 1.26. The van der Waals surface area contributed by atoms with Crippen LogP contribution in [0.4, 0.5) is 5.69 Å². The molecule has 0 saturated carbocycles. The number of carbonyl (C=O) groups excluding carboxylic acids is 2. The van der Waals surface area contributed by atoms with Crippen molar-refractivity contribution in [2.75, 3.05) is 11.9 Å². The van der Waals surface area contributed by atoms with E-state index < -0.39 is 11.8 Å². The molecule has 0 heterocycles. The van der Waals surface area contributed by atoms with E-state index in [9.17, 15) is 9.59 Å². The Morgan fingerprint density at radius 3 is 2.41 bits per heavy atom. The zero-order valence-corrected chi connectivity index (χ0v) is 9.82. The van der Waals surface area contributed by atoms with Crippen molar-refractivity contribution in [3.05, 3.63) is 42.5 Å². The van der Waals surface area contributed by atoms with Crippen molar-refractivity contribution in [3.63, 3.8) is 0 Å². The zero-order valence-electron chi connectivity index (χ0n) is 9.82. The lowest BCUT2D eigenvalue weighted by Gasteiger charge is -2.05. The van der Waals surface area contributed by atoms with Crippen molar-refractivity contribution < 1.29 is 9.59 Å². The summed E-state index contributed by atoms with van der Waals surface area (Å²) in [5.74, 6) is -1.33. The van der Waals surface area contributed by atoms with E-state index in [4.69, 9.17) is 0 Å². The number of amides is 2. The smallest absolute Gasteiger partial charge is 0.313 e. The molecule has 17 heavy (non-hydrogen) atoms. The Hall–Kier alpha value is -2.10. The molecule has 0 unspecified atom stereocenters. The van der Waals surface area contributed by atoms with Gasteiger partial charge in [0, 0.05) is 12.2 Å². The molecule has 2 amide bonds. The molecule has 0 aromatic heterocycles. The highest BCUT2D eigenvalue weighted by molar-refractivity contribution is 6.39. The van der Waals surface area contributed by atoms with Crippen LogP contribution in [0.25, 0.3) is 0 Å². The van der Waals surface area contributed by atoms with E-state index in [0.29, 0.717) is 5.69 Å². The first-order chi connectivity index (χ1) is 8.17. The first-order valence-corrected chi connectivity index (χ1v) is 5.46. The number of carbonyl (C=O) groups is 2. The maximum atomic E-state index is 11.4. The van der Waals surface area contributed by atoms with Gasteiger partial charge in [-0.3, -0.25) is 9.59 Å². The average Bonchev–Trinajstić information content (AvgIpc) is 2.36. The summed E-state index contributed by atoms with van der Waals surface area (Å²) in [6.07, 6.45) is 2.45. The molecular formula is C13H16N2O2. The number of aryl methyl sites for hydroxylation is 1. The maximum absolute atomic E-state index is 11.4. The van der Waals surface area contributed by atoms with Gasteiger partial charge in [0.25, 0.3) is 0 Å². The van der Waals surface area contributed by atoms with Crippen molar-refractivity contribution in [1.82, 2.24) is 5.32 Å².